The van der Waals surface area contributed by atoms with Gasteiger partial charge >= 0.3 is 0 Å². The van der Waals surface area contributed by atoms with E-state index in [1.54, 1.807) is 18.2 Å². The van der Waals surface area contributed by atoms with E-state index >= 15 is 0 Å². The van der Waals surface area contributed by atoms with E-state index in [0.29, 0.717) is 31.6 Å². The van der Waals surface area contributed by atoms with Crippen molar-refractivity contribution < 1.29 is 4.74 Å². The molecule has 2 heterocycles. The quantitative estimate of drug-likeness (QED) is 0.554. The first kappa shape index (κ1) is 15.1. The Morgan fingerprint density at radius 2 is 1.92 bits per heavy atom. The van der Waals surface area contributed by atoms with Gasteiger partial charge in [0.1, 0.15) is 11.9 Å². The molecule has 0 spiro atoms. The summed E-state index contributed by atoms with van der Waals surface area (Å²) in [5, 5.41) is 6.12. The van der Waals surface area contributed by atoms with E-state index in [9.17, 15) is 4.79 Å². The third kappa shape index (κ3) is 2.53. The number of halogens is 1. The highest BCUT2D eigenvalue weighted by Gasteiger charge is 2.17. The normalized spacial score (nSPS) is 12.6. The van der Waals surface area contributed by atoms with E-state index < -0.39 is 0 Å². The van der Waals surface area contributed by atoms with Gasteiger partial charge in [-0.05, 0) is 31.2 Å². The van der Waals surface area contributed by atoms with Crippen LogP contribution in [-0.2, 0) is 0 Å². The van der Waals surface area contributed by atoms with Crippen LogP contribution in [0, 0.1) is 0 Å². The van der Waals surface area contributed by atoms with Gasteiger partial charge in [0.15, 0.2) is 5.01 Å². The Hall–Kier alpha value is -2.44. The van der Waals surface area contributed by atoms with Crippen LogP contribution in [0.4, 0.5) is 0 Å². The number of nitrogens with zero attached hydrogens (tertiary/aromatic N) is 3. The van der Waals surface area contributed by atoms with Crippen LogP contribution in [0.15, 0.2) is 53.3 Å². The summed E-state index contributed by atoms with van der Waals surface area (Å²) in [5.41, 5.74) is 0.486. The monoisotopic (exact) mass is 357 g/mol. The predicted octanol–water partition coefficient (Wildman–Crippen LogP) is 4.10. The molecule has 2 aromatic carbocycles. The number of fused-ring (bicyclic) bond motifs is 2. The van der Waals surface area contributed by atoms with E-state index in [4.69, 9.17) is 16.3 Å². The Bertz CT molecular complexity index is 1110. The van der Waals surface area contributed by atoms with Crippen molar-refractivity contribution in [1.82, 2.24) is 14.6 Å². The van der Waals surface area contributed by atoms with E-state index in [2.05, 4.69) is 10.1 Å². The number of para-hydroxylation sites is 2. The van der Waals surface area contributed by atoms with Gasteiger partial charge in [-0.15, -0.1) is 0 Å². The maximum atomic E-state index is 12.5. The highest BCUT2D eigenvalue weighted by Crippen LogP contribution is 2.30. The molecule has 1 atom stereocenters. The molecule has 0 bridgehead atoms. The maximum absolute atomic E-state index is 12.5. The third-order valence-corrected chi connectivity index (χ3v) is 4.99. The maximum Gasteiger partial charge on any atom is 0.283 e. The molecule has 0 aliphatic heterocycles. The van der Waals surface area contributed by atoms with Crippen molar-refractivity contribution in [1.29, 1.82) is 0 Å². The first-order chi connectivity index (χ1) is 11.6. The van der Waals surface area contributed by atoms with Crippen LogP contribution in [0.2, 0.25) is 5.02 Å². The molecule has 0 amide bonds. The van der Waals surface area contributed by atoms with Gasteiger partial charge in [0.05, 0.1) is 15.9 Å². The Morgan fingerprint density at radius 3 is 2.75 bits per heavy atom. The molecule has 0 N–H and O–H groups in total. The summed E-state index contributed by atoms with van der Waals surface area (Å²) < 4.78 is 7.20. The molecule has 4 aromatic rings. The number of hydrogen-bond acceptors (Lipinski definition) is 5. The number of ether oxygens (including phenoxy) is 1. The largest absolute Gasteiger partial charge is 0.482 e. The van der Waals surface area contributed by atoms with Gasteiger partial charge in [-0.1, -0.05) is 47.2 Å². The lowest BCUT2D eigenvalue weighted by molar-refractivity contribution is 0.225. The van der Waals surface area contributed by atoms with Gasteiger partial charge in [0.2, 0.25) is 4.96 Å². The van der Waals surface area contributed by atoms with E-state index in [1.807, 2.05) is 37.3 Å². The molecule has 0 aliphatic rings. The molecule has 0 radical (unpaired) electrons. The van der Waals surface area contributed by atoms with Crippen LogP contribution in [0.3, 0.4) is 0 Å². The number of aromatic nitrogens is 3. The second kappa shape index (κ2) is 5.89. The Labute approximate surface area is 146 Å². The average Bonchev–Trinajstić information content (AvgIpc) is 3.02. The van der Waals surface area contributed by atoms with Crippen molar-refractivity contribution in [2.24, 2.45) is 0 Å². The molecular weight excluding hydrogens is 346 g/mol. The molecule has 24 heavy (non-hydrogen) atoms. The van der Waals surface area contributed by atoms with Crippen molar-refractivity contribution >= 4 is 38.8 Å². The van der Waals surface area contributed by atoms with Crippen LogP contribution in [0.5, 0.6) is 5.75 Å². The van der Waals surface area contributed by atoms with Crippen molar-refractivity contribution in [2.45, 2.75) is 13.0 Å². The summed E-state index contributed by atoms with van der Waals surface area (Å²) in [6.45, 7) is 1.87. The molecule has 5 nitrogen and oxygen atoms in total. The third-order valence-electron chi connectivity index (χ3n) is 3.61. The van der Waals surface area contributed by atoms with Crippen molar-refractivity contribution in [3.63, 3.8) is 0 Å². The lowest BCUT2D eigenvalue weighted by Gasteiger charge is -2.12. The summed E-state index contributed by atoms with van der Waals surface area (Å²) in [4.78, 5) is 17.6. The Morgan fingerprint density at radius 1 is 1.17 bits per heavy atom. The highest BCUT2D eigenvalue weighted by molar-refractivity contribution is 7.16. The van der Waals surface area contributed by atoms with E-state index in [-0.39, 0.29) is 11.7 Å². The van der Waals surface area contributed by atoms with Gasteiger partial charge in [-0.25, -0.2) is 4.98 Å². The molecule has 4 rings (SSSR count). The van der Waals surface area contributed by atoms with Crippen LogP contribution >= 0.6 is 22.9 Å². The van der Waals surface area contributed by atoms with Crippen LogP contribution in [-0.4, -0.2) is 14.6 Å². The minimum Gasteiger partial charge on any atom is -0.482 e. The summed E-state index contributed by atoms with van der Waals surface area (Å²) >= 11 is 7.45. The first-order valence-electron chi connectivity index (χ1n) is 7.33. The lowest BCUT2D eigenvalue weighted by Crippen LogP contribution is -2.15. The molecule has 0 fully saturated rings. The minimum atomic E-state index is -0.348. The van der Waals surface area contributed by atoms with Gasteiger partial charge in [0, 0.05) is 0 Å². The first-order valence-corrected chi connectivity index (χ1v) is 8.52. The second-order valence-corrected chi connectivity index (χ2v) is 6.65. The minimum absolute atomic E-state index is 0.178. The topological polar surface area (TPSA) is 56.5 Å². The summed E-state index contributed by atoms with van der Waals surface area (Å²) in [6, 6.07) is 14.5. The predicted molar refractivity (Wildman–Crippen MR) is 95.1 cm³/mol. The lowest BCUT2D eigenvalue weighted by atomic mass is 10.2. The van der Waals surface area contributed by atoms with Crippen molar-refractivity contribution in [2.75, 3.05) is 0 Å². The van der Waals surface area contributed by atoms with Crippen LogP contribution in [0.25, 0.3) is 15.9 Å². The molecule has 0 unspecified atom stereocenters. The average molecular weight is 358 g/mol. The zero-order valence-electron chi connectivity index (χ0n) is 12.6. The number of rotatable bonds is 3. The van der Waals surface area contributed by atoms with Gasteiger partial charge < -0.3 is 4.74 Å². The smallest absolute Gasteiger partial charge is 0.283 e. The van der Waals surface area contributed by atoms with Crippen molar-refractivity contribution in [3.05, 3.63) is 68.9 Å². The fourth-order valence-corrected chi connectivity index (χ4v) is 3.47. The Kier molecular flexibility index (Phi) is 3.70. The summed E-state index contributed by atoms with van der Waals surface area (Å²) in [7, 11) is 0. The molecule has 120 valence electrons. The van der Waals surface area contributed by atoms with E-state index in [1.165, 1.54) is 15.9 Å². The van der Waals surface area contributed by atoms with Gasteiger partial charge in [-0.2, -0.15) is 9.61 Å². The highest BCUT2D eigenvalue weighted by atomic mass is 35.5. The SMILES string of the molecule is C[C@@H](Oc1ccccc1Cl)c1nn2c(=O)c3ccccc3nc2s1. The Balaban J connectivity index is 1.77. The van der Waals surface area contributed by atoms with E-state index in [0.717, 1.165) is 0 Å². The standard InChI is InChI=1S/C17H12ClN3O2S/c1-10(23-14-9-5-3-7-12(14)18)15-20-21-16(22)11-6-2-4-8-13(11)19-17(21)24-15/h2-10H,1H3/t10-/m1/s1. The molecular formula is C17H12ClN3O2S. The fraction of sp³-hybridized carbons (Fsp3) is 0.118. The zero-order valence-corrected chi connectivity index (χ0v) is 14.2. The molecule has 2 aromatic heterocycles. The molecule has 7 heteroatoms. The van der Waals surface area contributed by atoms with Crippen LogP contribution in [0.1, 0.15) is 18.0 Å². The summed E-state index contributed by atoms with van der Waals surface area (Å²) in [6.07, 6.45) is -0.348. The number of hydrogen-bond donors (Lipinski definition) is 0. The molecule has 0 aliphatic carbocycles. The fourth-order valence-electron chi connectivity index (χ4n) is 2.42. The molecule has 0 saturated heterocycles. The van der Waals surface area contributed by atoms with Gasteiger partial charge in [0.25, 0.3) is 5.56 Å². The second-order valence-electron chi connectivity index (χ2n) is 5.26. The van der Waals surface area contributed by atoms with Crippen LogP contribution < -0.4 is 10.3 Å². The zero-order chi connectivity index (χ0) is 16.7. The van der Waals surface area contributed by atoms with Gasteiger partial charge in [-0.3, -0.25) is 4.79 Å². The number of benzene rings is 2. The van der Waals surface area contributed by atoms with Crippen molar-refractivity contribution in [3.8, 4) is 5.75 Å². The molecule has 0 saturated carbocycles. The summed E-state index contributed by atoms with van der Waals surface area (Å²) in [5.74, 6) is 0.580.